The molecule has 1 N–H and O–H groups in total. The second-order valence-corrected chi connectivity index (χ2v) is 13.2. The van der Waals surface area contributed by atoms with E-state index >= 15 is 0 Å². The Bertz CT molecular complexity index is 1490. The Morgan fingerprint density at radius 2 is 1.60 bits per heavy atom. The van der Waals surface area contributed by atoms with Crippen molar-refractivity contribution >= 4 is 39.1 Å². The molecule has 1 unspecified atom stereocenters. The van der Waals surface area contributed by atoms with E-state index in [1.165, 1.54) is 17.0 Å². The number of halogens is 1. The number of rotatable bonds is 11. The van der Waals surface area contributed by atoms with Crippen molar-refractivity contribution < 1.29 is 18.0 Å². The first-order valence-corrected chi connectivity index (χ1v) is 16.4. The van der Waals surface area contributed by atoms with Gasteiger partial charge in [0.05, 0.1) is 10.6 Å². The number of hydrogen-bond acceptors (Lipinski definition) is 4. The molecule has 1 atom stereocenters. The van der Waals surface area contributed by atoms with Crippen LogP contribution >= 0.6 is 11.6 Å². The summed E-state index contributed by atoms with van der Waals surface area (Å²) >= 11 is 6.42. The summed E-state index contributed by atoms with van der Waals surface area (Å²) in [6.45, 7) is 5.26. The normalized spacial score (nSPS) is 14.7. The fourth-order valence-corrected chi connectivity index (χ4v) is 7.20. The number of carbonyl (C=O) groups is 2. The van der Waals surface area contributed by atoms with Gasteiger partial charge in [-0.2, -0.15) is 0 Å². The van der Waals surface area contributed by atoms with Gasteiger partial charge in [0, 0.05) is 17.6 Å². The third kappa shape index (κ3) is 7.34. The third-order valence-corrected chi connectivity index (χ3v) is 10.2. The van der Waals surface area contributed by atoms with Crippen LogP contribution in [0.5, 0.6) is 0 Å². The average molecular weight is 610 g/mol. The van der Waals surface area contributed by atoms with Crippen LogP contribution in [-0.2, 0) is 26.2 Å². The largest absolute Gasteiger partial charge is 0.352 e. The second kappa shape index (κ2) is 14.2. The zero-order valence-electron chi connectivity index (χ0n) is 24.6. The van der Waals surface area contributed by atoms with Gasteiger partial charge in [-0.15, -0.1) is 0 Å². The zero-order valence-corrected chi connectivity index (χ0v) is 26.1. The van der Waals surface area contributed by atoms with Gasteiger partial charge in [-0.3, -0.25) is 13.9 Å². The van der Waals surface area contributed by atoms with Gasteiger partial charge in [-0.25, -0.2) is 8.42 Å². The molecule has 42 heavy (non-hydrogen) atoms. The highest BCUT2D eigenvalue weighted by Crippen LogP contribution is 2.31. The van der Waals surface area contributed by atoms with Crippen LogP contribution < -0.4 is 9.62 Å². The lowest BCUT2D eigenvalue weighted by Gasteiger charge is -2.35. The van der Waals surface area contributed by atoms with Gasteiger partial charge >= 0.3 is 0 Å². The summed E-state index contributed by atoms with van der Waals surface area (Å²) in [7, 11) is -4.15. The fourth-order valence-electron chi connectivity index (χ4n) is 5.53. The number of nitrogens with one attached hydrogen (secondary N) is 1. The van der Waals surface area contributed by atoms with Gasteiger partial charge in [-0.1, -0.05) is 86.3 Å². The average Bonchev–Trinajstić information content (AvgIpc) is 2.99. The first-order chi connectivity index (χ1) is 20.1. The fraction of sp³-hybridized carbons (Fsp3) is 0.394. The molecule has 0 radical (unpaired) electrons. The van der Waals surface area contributed by atoms with Gasteiger partial charge in [0.2, 0.25) is 11.8 Å². The second-order valence-electron chi connectivity index (χ2n) is 10.9. The highest BCUT2D eigenvalue weighted by atomic mass is 35.5. The van der Waals surface area contributed by atoms with E-state index in [0.717, 1.165) is 47.5 Å². The minimum Gasteiger partial charge on any atom is -0.352 e. The van der Waals surface area contributed by atoms with E-state index in [0.29, 0.717) is 22.7 Å². The van der Waals surface area contributed by atoms with Gasteiger partial charge in [0.25, 0.3) is 10.0 Å². The number of benzene rings is 3. The maximum atomic E-state index is 14.3. The quantitative estimate of drug-likeness (QED) is 0.272. The van der Waals surface area contributed by atoms with Crippen molar-refractivity contribution in [2.75, 3.05) is 10.8 Å². The molecule has 3 aromatic rings. The van der Waals surface area contributed by atoms with Crippen LogP contribution in [0.3, 0.4) is 0 Å². The van der Waals surface area contributed by atoms with Crippen molar-refractivity contribution in [2.45, 2.75) is 82.8 Å². The van der Waals surface area contributed by atoms with Crippen molar-refractivity contribution in [1.29, 1.82) is 0 Å². The molecule has 1 fully saturated rings. The van der Waals surface area contributed by atoms with Crippen molar-refractivity contribution in [3.05, 3.63) is 94.5 Å². The molecule has 9 heteroatoms. The molecule has 1 aliphatic carbocycles. The molecule has 0 saturated heterocycles. The Kier molecular flexibility index (Phi) is 10.7. The van der Waals surface area contributed by atoms with E-state index in [-0.39, 0.29) is 23.4 Å². The first-order valence-electron chi connectivity index (χ1n) is 14.6. The highest BCUT2D eigenvalue weighted by Gasteiger charge is 2.35. The van der Waals surface area contributed by atoms with Crippen LogP contribution in [0.25, 0.3) is 0 Å². The summed E-state index contributed by atoms with van der Waals surface area (Å²) in [5.74, 6) is -0.675. The van der Waals surface area contributed by atoms with Crippen LogP contribution in [-0.4, -0.2) is 43.8 Å². The number of aryl methyl sites for hydroxylation is 1. The SMILES string of the molecule is CCC(C(=O)NC1CCCCC1)N(Cc1ccccc1C)C(=O)CN(c1cccc(Cl)c1C)S(=O)(=O)c1ccccc1. The number of amides is 2. The van der Waals surface area contributed by atoms with Crippen LogP contribution in [0.1, 0.15) is 62.1 Å². The van der Waals surface area contributed by atoms with Gasteiger partial charge in [0.15, 0.2) is 0 Å². The summed E-state index contributed by atoms with van der Waals surface area (Å²) in [5.41, 5.74) is 2.73. The monoisotopic (exact) mass is 609 g/mol. The summed E-state index contributed by atoms with van der Waals surface area (Å²) in [6, 6.07) is 20.1. The number of anilines is 1. The first kappa shape index (κ1) is 31.6. The molecule has 1 saturated carbocycles. The molecular formula is C33H40ClN3O4S. The van der Waals surface area contributed by atoms with E-state index in [9.17, 15) is 18.0 Å². The number of carbonyl (C=O) groups excluding carboxylic acids is 2. The van der Waals surface area contributed by atoms with E-state index < -0.39 is 28.5 Å². The van der Waals surface area contributed by atoms with E-state index in [1.54, 1.807) is 43.3 Å². The van der Waals surface area contributed by atoms with E-state index in [4.69, 9.17) is 11.6 Å². The number of nitrogens with zero attached hydrogens (tertiary/aromatic N) is 2. The lowest BCUT2D eigenvalue weighted by atomic mass is 9.95. The smallest absolute Gasteiger partial charge is 0.264 e. The maximum absolute atomic E-state index is 14.3. The summed E-state index contributed by atoms with van der Waals surface area (Å²) in [5, 5.41) is 3.57. The highest BCUT2D eigenvalue weighted by molar-refractivity contribution is 7.92. The predicted molar refractivity (Wildman–Crippen MR) is 168 cm³/mol. The van der Waals surface area contributed by atoms with Crippen LogP contribution in [0.4, 0.5) is 5.69 Å². The lowest BCUT2D eigenvalue weighted by Crippen LogP contribution is -2.54. The molecular weight excluding hydrogens is 570 g/mol. The molecule has 0 aromatic heterocycles. The molecule has 0 aliphatic heterocycles. The number of hydrogen-bond donors (Lipinski definition) is 1. The van der Waals surface area contributed by atoms with Crippen molar-refractivity contribution in [3.63, 3.8) is 0 Å². The number of sulfonamides is 1. The minimum absolute atomic E-state index is 0.0599. The molecule has 0 bridgehead atoms. The third-order valence-electron chi connectivity index (χ3n) is 8.06. The summed E-state index contributed by atoms with van der Waals surface area (Å²) in [6.07, 6.45) is 5.53. The Hall–Kier alpha value is -3.36. The van der Waals surface area contributed by atoms with Crippen molar-refractivity contribution in [1.82, 2.24) is 10.2 Å². The van der Waals surface area contributed by atoms with E-state index in [1.807, 2.05) is 38.1 Å². The minimum atomic E-state index is -4.15. The zero-order chi connectivity index (χ0) is 30.3. The molecule has 3 aromatic carbocycles. The standard InChI is InChI=1S/C33H40ClN3O4S/c1-4-30(33(39)35-27-16-7-5-8-17-27)36(22-26-15-12-11-14-24(26)2)32(38)23-37(31-21-13-20-29(34)25(31)3)42(40,41)28-18-9-6-10-19-28/h6,9-15,18-21,27,30H,4-5,7-8,16-17,22-23H2,1-3H3,(H,35,39). The van der Waals surface area contributed by atoms with Crippen molar-refractivity contribution in [2.24, 2.45) is 0 Å². The molecule has 224 valence electrons. The molecule has 4 rings (SSSR count). The topological polar surface area (TPSA) is 86.8 Å². The summed E-state index contributed by atoms with van der Waals surface area (Å²) < 4.78 is 29.2. The van der Waals surface area contributed by atoms with E-state index in [2.05, 4.69) is 5.32 Å². The predicted octanol–water partition coefficient (Wildman–Crippen LogP) is 6.41. The van der Waals surface area contributed by atoms with Crippen LogP contribution in [0.2, 0.25) is 5.02 Å². The Morgan fingerprint density at radius 1 is 0.929 bits per heavy atom. The molecule has 0 heterocycles. The van der Waals surface area contributed by atoms with Gasteiger partial charge in [0.1, 0.15) is 12.6 Å². The molecule has 7 nitrogen and oxygen atoms in total. The Morgan fingerprint density at radius 3 is 2.26 bits per heavy atom. The Labute approximate surface area is 254 Å². The van der Waals surface area contributed by atoms with Gasteiger partial charge < -0.3 is 10.2 Å². The molecule has 0 spiro atoms. The molecule has 2 amide bonds. The van der Waals surface area contributed by atoms with Gasteiger partial charge in [-0.05, 0) is 74.1 Å². The summed E-state index contributed by atoms with van der Waals surface area (Å²) in [4.78, 5) is 29.6. The van der Waals surface area contributed by atoms with Crippen LogP contribution in [0.15, 0.2) is 77.7 Å². The molecule has 1 aliphatic rings. The van der Waals surface area contributed by atoms with Crippen molar-refractivity contribution in [3.8, 4) is 0 Å². The lowest BCUT2D eigenvalue weighted by molar-refractivity contribution is -0.140. The maximum Gasteiger partial charge on any atom is 0.264 e. The van der Waals surface area contributed by atoms with Crippen LogP contribution in [0, 0.1) is 13.8 Å². The Balaban J connectivity index is 1.74.